The molecule has 1 saturated carbocycles. The molecule has 24 heavy (non-hydrogen) atoms. The van der Waals surface area contributed by atoms with E-state index in [-0.39, 0.29) is 11.6 Å². The lowest BCUT2D eigenvalue weighted by atomic mass is 9.80. The molecular formula is C21H26N2O. The lowest BCUT2D eigenvalue weighted by molar-refractivity contribution is 0.233. The maximum Gasteiger partial charge on any atom is 0.119 e. The summed E-state index contributed by atoms with van der Waals surface area (Å²) in [5, 5.41) is 7.76. The minimum Gasteiger partial charge on any atom is -0.497 e. The monoisotopic (exact) mass is 322 g/mol. The number of fused-ring (bicyclic) bond motifs is 1. The Labute approximate surface area is 144 Å². The summed E-state index contributed by atoms with van der Waals surface area (Å²) in [5.74, 6) is 0.915. The number of hydrogen-bond acceptors (Lipinski definition) is 3. The van der Waals surface area contributed by atoms with Gasteiger partial charge in [0.05, 0.1) is 13.2 Å². The number of ether oxygens (including phenoxy) is 1. The molecule has 1 fully saturated rings. The summed E-state index contributed by atoms with van der Waals surface area (Å²) in [4.78, 5) is 0. The van der Waals surface area contributed by atoms with Gasteiger partial charge in [0.15, 0.2) is 0 Å². The van der Waals surface area contributed by atoms with Gasteiger partial charge in [0.2, 0.25) is 0 Å². The maximum atomic E-state index is 5.49. The minimum absolute atomic E-state index is 0.186. The predicted octanol–water partition coefficient (Wildman–Crippen LogP) is 4.50. The average Bonchev–Trinajstić information content (AvgIpc) is 2.80. The number of hydrogen-bond donors (Lipinski definition) is 2. The molecule has 0 bridgehead atoms. The third-order valence-corrected chi connectivity index (χ3v) is 5.58. The van der Waals surface area contributed by atoms with E-state index >= 15 is 0 Å². The second-order valence-electron chi connectivity index (χ2n) is 7.14. The smallest absolute Gasteiger partial charge is 0.119 e. The van der Waals surface area contributed by atoms with Gasteiger partial charge in [-0.15, -0.1) is 0 Å². The fourth-order valence-corrected chi connectivity index (χ4v) is 4.23. The average molecular weight is 322 g/mol. The number of nitrogens with one attached hydrogen (secondary N) is 2. The van der Waals surface area contributed by atoms with Gasteiger partial charge in [-0.25, -0.2) is 0 Å². The van der Waals surface area contributed by atoms with Crippen LogP contribution in [0.3, 0.4) is 0 Å². The quantitative estimate of drug-likeness (QED) is 0.854. The lowest BCUT2D eigenvalue weighted by Gasteiger charge is -2.39. The van der Waals surface area contributed by atoms with Crippen molar-refractivity contribution in [1.82, 2.24) is 5.32 Å². The van der Waals surface area contributed by atoms with E-state index in [2.05, 4.69) is 53.1 Å². The van der Waals surface area contributed by atoms with Crippen LogP contribution in [0, 0.1) is 0 Å². The van der Waals surface area contributed by atoms with E-state index in [1.807, 2.05) is 6.07 Å². The highest BCUT2D eigenvalue weighted by Gasteiger charge is 2.37. The van der Waals surface area contributed by atoms with Gasteiger partial charge in [0, 0.05) is 23.3 Å². The van der Waals surface area contributed by atoms with Gasteiger partial charge in [-0.05, 0) is 36.6 Å². The van der Waals surface area contributed by atoms with Crippen molar-refractivity contribution >= 4 is 5.69 Å². The van der Waals surface area contributed by atoms with Crippen LogP contribution in [0.15, 0.2) is 48.5 Å². The number of methoxy groups -OCH3 is 1. The van der Waals surface area contributed by atoms with E-state index in [1.165, 1.54) is 48.9 Å². The zero-order valence-corrected chi connectivity index (χ0v) is 14.3. The molecule has 4 rings (SSSR count). The Bertz CT molecular complexity index is 692. The Morgan fingerprint density at radius 3 is 2.54 bits per heavy atom. The Hall–Kier alpha value is -2.00. The van der Waals surface area contributed by atoms with Crippen molar-refractivity contribution in [2.75, 3.05) is 19.0 Å². The number of anilines is 1. The minimum atomic E-state index is 0.186. The van der Waals surface area contributed by atoms with Gasteiger partial charge >= 0.3 is 0 Å². The molecule has 1 unspecified atom stereocenters. The molecule has 1 atom stereocenters. The van der Waals surface area contributed by atoms with Gasteiger partial charge in [-0.2, -0.15) is 0 Å². The molecule has 0 radical (unpaired) electrons. The standard InChI is InChI=1S/C21H26N2O/c1-24-17-10-11-19-18(14-17)20(16-8-4-2-5-9-16)23-21(15-22-19)12-6-3-7-13-21/h2,4-5,8-11,14,20,22-23H,3,6-7,12-13,15H2,1H3. The van der Waals surface area contributed by atoms with Crippen LogP contribution in [0.4, 0.5) is 5.69 Å². The Morgan fingerprint density at radius 1 is 1.00 bits per heavy atom. The summed E-state index contributed by atoms with van der Waals surface area (Å²) >= 11 is 0. The highest BCUT2D eigenvalue weighted by atomic mass is 16.5. The van der Waals surface area contributed by atoms with Gasteiger partial charge in [0.25, 0.3) is 0 Å². The van der Waals surface area contributed by atoms with Crippen molar-refractivity contribution < 1.29 is 4.74 Å². The van der Waals surface area contributed by atoms with Gasteiger partial charge in [-0.3, -0.25) is 5.32 Å². The summed E-state index contributed by atoms with van der Waals surface area (Å²) in [6.07, 6.45) is 6.48. The molecule has 126 valence electrons. The van der Waals surface area contributed by atoms with Crippen LogP contribution < -0.4 is 15.4 Å². The SMILES string of the molecule is COc1ccc2c(c1)C(c1ccccc1)NC1(CCCCC1)CN2. The topological polar surface area (TPSA) is 33.3 Å². The maximum absolute atomic E-state index is 5.49. The van der Waals surface area contributed by atoms with Crippen LogP contribution in [0.2, 0.25) is 0 Å². The van der Waals surface area contributed by atoms with E-state index in [9.17, 15) is 0 Å². The zero-order chi connectivity index (χ0) is 16.4. The Morgan fingerprint density at radius 2 is 1.79 bits per heavy atom. The summed E-state index contributed by atoms with van der Waals surface area (Å²) in [5.41, 5.74) is 4.01. The van der Waals surface area contributed by atoms with E-state index in [0.29, 0.717) is 0 Å². The summed E-state index contributed by atoms with van der Waals surface area (Å²) < 4.78 is 5.49. The highest BCUT2D eigenvalue weighted by molar-refractivity contribution is 5.59. The van der Waals surface area contributed by atoms with E-state index in [4.69, 9.17) is 4.74 Å². The first-order valence-corrected chi connectivity index (χ1v) is 9.04. The van der Waals surface area contributed by atoms with Crippen molar-refractivity contribution in [3.63, 3.8) is 0 Å². The van der Waals surface area contributed by atoms with Crippen LogP contribution in [0.5, 0.6) is 5.75 Å². The van der Waals surface area contributed by atoms with E-state index in [1.54, 1.807) is 7.11 Å². The molecule has 1 heterocycles. The molecule has 2 N–H and O–H groups in total. The first kappa shape index (κ1) is 15.5. The highest BCUT2D eigenvalue weighted by Crippen LogP contribution is 2.39. The van der Waals surface area contributed by atoms with E-state index < -0.39 is 0 Å². The van der Waals surface area contributed by atoms with Gasteiger partial charge in [-0.1, -0.05) is 49.6 Å². The molecule has 3 heteroatoms. The van der Waals surface area contributed by atoms with Crippen LogP contribution in [0.1, 0.15) is 49.3 Å². The fraction of sp³-hybridized carbons (Fsp3) is 0.429. The molecule has 1 spiro atoms. The van der Waals surface area contributed by atoms with E-state index in [0.717, 1.165) is 12.3 Å². The molecule has 2 aromatic rings. The van der Waals surface area contributed by atoms with Crippen molar-refractivity contribution in [3.8, 4) is 5.75 Å². The molecule has 2 aromatic carbocycles. The second-order valence-corrected chi connectivity index (χ2v) is 7.14. The zero-order valence-electron chi connectivity index (χ0n) is 14.3. The summed E-state index contributed by atoms with van der Waals surface area (Å²) in [6, 6.07) is 17.4. The van der Waals surface area contributed by atoms with Crippen molar-refractivity contribution in [1.29, 1.82) is 0 Å². The van der Waals surface area contributed by atoms with Crippen LogP contribution >= 0.6 is 0 Å². The normalized spacial score (nSPS) is 22.3. The van der Waals surface area contributed by atoms with Crippen LogP contribution in [-0.4, -0.2) is 19.2 Å². The molecule has 1 aliphatic heterocycles. The molecular weight excluding hydrogens is 296 g/mol. The molecule has 0 saturated heterocycles. The Balaban J connectivity index is 1.79. The second kappa shape index (κ2) is 6.48. The van der Waals surface area contributed by atoms with Crippen LogP contribution in [-0.2, 0) is 0 Å². The molecule has 1 aliphatic carbocycles. The largest absolute Gasteiger partial charge is 0.497 e. The van der Waals surface area contributed by atoms with Gasteiger partial charge in [0.1, 0.15) is 5.75 Å². The molecule has 0 amide bonds. The molecule has 3 nitrogen and oxygen atoms in total. The predicted molar refractivity (Wildman–Crippen MR) is 98.7 cm³/mol. The third-order valence-electron chi connectivity index (χ3n) is 5.58. The first-order valence-electron chi connectivity index (χ1n) is 9.04. The van der Waals surface area contributed by atoms with Crippen LogP contribution in [0.25, 0.3) is 0 Å². The van der Waals surface area contributed by atoms with Crippen molar-refractivity contribution in [2.24, 2.45) is 0 Å². The molecule has 2 aliphatic rings. The molecule has 0 aromatic heterocycles. The number of benzene rings is 2. The summed E-state index contributed by atoms with van der Waals surface area (Å²) in [7, 11) is 1.74. The first-order chi connectivity index (χ1) is 11.8. The number of rotatable bonds is 2. The lowest BCUT2D eigenvalue weighted by Crippen LogP contribution is -2.51. The Kier molecular flexibility index (Phi) is 4.19. The summed E-state index contributed by atoms with van der Waals surface area (Å²) in [6.45, 7) is 0.996. The van der Waals surface area contributed by atoms with Crippen molar-refractivity contribution in [3.05, 3.63) is 59.7 Å². The fourth-order valence-electron chi connectivity index (χ4n) is 4.23. The third kappa shape index (κ3) is 2.89. The van der Waals surface area contributed by atoms with Crippen molar-refractivity contribution in [2.45, 2.75) is 43.7 Å². The van der Waals surface area contributed by atoms with Gasteiger partial charge < -0.3 is 10.1 Å².